The van der Waals surface area contributed by atoms with Gasteiger partial charge in [0, 0.05) is 18.2 Å². The molecule has 0 aromatic carbocycles. The lowest BCUT2D eigenvalue weighted by atomic mass is 9.83. The fourth-order valence-electron chi connectivity index (χ4n) is 1.98. The molecule has 4 nitrogen and oxygen atoms in total. The minimum absolute atomic E-state index is 0.105. The monoisotopic (exact) mass is 278 g/mol. The predicted octanol–water partition coefficient (Wildman–Crippen LogP) is 3.21. The van der Waals surface area contributed by atoms with Gasteiger partial charge < -0.3 is 10.5 Å². The zero-order valence-corrected chi connectivity index (χ0v) is 12.8. The van der Waals surface area contributed by atoms with Gasteiger partial charge in [-0.25, -0.2) is 0 Å². The van der Waals surface area contributed by atoms with Gasteiger partial charge in [-0.2, -0.15) is 0 Å². The average molecular weight is 278 g/mol. The van der Waals surface area contributed by atoms with Crippen LogP contribution in [0.2, 0.25) is 0 Å². The fourth-order valence-corrected chi connectivity index (χ4v) is 1.98. The molecular formula is C16H26N2O2. The van der Waals surface area contributed by atoms with E-state index in [1.54, 1.807) is 18.5 Å². The molecule has 0 fully saturated rings. The Balaban J connectivity index is 2.59. The van der Waals surface area contributed by atoms with E-state index in [0.29, 0.717) is 30.9 Å². The Morgan fingerprint density at radius 3 is 2.75 bits per heavy atom. The van der Waals surface area contributed by atoms with Gasteiger partial charge in [-0.3, -0.25) is 9.78 Å². The van der Waals surface area contributed by atoms with Gasteiger partial charge in [0.05, 0.1) is 12.8 Å². The highest BCUT2D eigenvalue weighted by atomic mass is 16.5. The maximum atomic E-state index is 12.2. The minimum atomic E-state index is 0.105. The first kappa shape index (κ1) is 16.6. The van der Waals surface area contributed by atoms with E-state index in [0.717, 1.165) is 19.3 Å². The van der Waals surface area contributed by atoms with Crippen molar-refractivity contribution in [3.63, 3.8) is 0 Å². The third-order valence-electron chi connectivity index (χ3n) is 3.36. The lowest BCUT2D eigenvalue weighted by Crippen LogP contribution is -2.18. The highest BCUT2D eigenvalue weighted by molar-refractivity contribution is 5.96. The van der Waals surface area contributed by atoms with Gasteiger partial charge in [-0.1, -0.05) is 20.8 Å². The summed E-state index contributed by atoms with van der Waals surface area (Å²) in [7, 11) is 0. The van der Waals surface area contributed by atoms with E-state index >= 15 is 0 Å². The molecule has 0 bridgehead atoms. The maximum Gasteiger partial charge on any atom is 0.164 e. The largest absolute Gasteiger partial charge is 0.492 e. The summed E-state index contributed by atoms with van der Waals surface area (Å²) in [5.41, 5.74) is 6.32. The Morgan fingerprint density at radius 1 is 1.35 bits per heavy atom. The van der Waals surface area contributed by atoms with Crippen LogP contribution >= 0.6 is 0 Å². The number of nitrogens with zero attached hydrogens (tertiary/aromatic N) is 1. The molecule has 1 aromatic rings. The summed E-state index contributed by atoms with van der Waals surface area (Å²) in [6.45, 7) is 7.63. The van der Waals surface area contributed by atoms with Gasteiger partial charge in [0.25, 0.3) is 0 Å². The molecule has 1 heterocycles. The number of nitrogens with two attached hydrogens (primary N) is 1. The molecule has 0 saturated heterocycles. The summed E-state index contributed by atoms with van der Waals surface area (Å²) in [6.07, 6.45) is 6.47. The number of hydrogen-bond donors (Lipinski definition) is 1. The molecule has 4 heteroatoms. The third-order valence-corrected chi connectivity index (χ3v) is 3.36. The van der Waals surface area contributed by atoms with Crippen LogP contribution in [-0.2, 0) is 0 Å². The van der Waals surface area contributed by atoms with Crippen LogP contribution in [0.5, 0.6) is 5.75 Å². The molecule has 112 valence electrons. The Bertz CT molecular complexity index is 430. The highest BCUT2D eigenvalue weighted by Crippen LogP contribution is 2.27. The zero-order chi connectivity index (χ0) is 15.0. The van der Waals surface area contributed by atoms with Gasteiger partial charge in [-0.15, -0.1) is 0 Å². The SMILES string of the molecule is CCCOc1cncc(C(=O)CCC(C)(C)CCN)c1. The van der Waals surface area contributed by atoms with E-state index in [9.17, 15) is 4.79 Å². The number of rotatable bonds is 9. The number of Topliss-reactive ketones (excluding diaryl/α,β-unsaturated/α-hetero) is 1. The Kier molecular flexibility index (Phi) is 6.65. The molecule has 0 aliphatic heterocycles. The van der Waals surface area contributed by atoms with Crippen LogP contribution < -0.4 is 10.5 Å². The van der Waals surface area contributed by atoms with Crippen LogP contribution in [0, 0.1) is 5.41 Å². The molecule has 0 spiro atoms. The van der Waals surface area contributed by atoms with Gasteiger partial charge >= 0.3 is 0 Å². The number of hydrogen-bond acceptors (Lipinski definition) is 4. The van der Waals surface area contributed by atoms with Gasteiger partial charge in [0.15, 0.2) is 5.78 Å². The molecule has 0 atom stereocenters. The fraction of sp³-hybridized carbons (Fsp3) is 0.625. The van der Waals surface area contributed by atoms with Crippen molar-refractivity contribution >= 4 is 5.78 Å². The maximum absolute atomic E-state index is 12.2. The molecule has 0 aliphatic rings. The summed E-state index contributed by atoms with van der Waals surface area (Å²) in [5.74, 6) is 0.781. The first-order chi connectivity index (χ1) is 9.48. The van der Waals surface area contributed by atoms with Gasteiger partial charge in [-0.05, 0) is 37.3 Å². The summed E-state index contributed by atoms with van der Waals surface area (Å²) in [6, 6.07) is 1.78. The normalized spacial score (nSPS) is 11.4. The minimum Gasteiger partial charge on any atom is -0.492 e. The van der Waals surface area contributed by atoms with Crippen molar-refractivity contribution in [2.75, 3.05) is 13.2 Å². The van der Waals surface area contributed by atoms with Crippen molar-refractivity contribution in [1.82, 2.24) is 4.98 Å². The molecular weight excluding hydrogens is 252 g/mol. The number of carbonyl (C=O) groups excluding carboxylic acids is 1. The second kappa shape index (κ2) is 8.00. The highest BCUT2D eigenvalue weighted by Gasteiger charge is 2.19. The second-order valence-corrected chi connectivity index (χ2v) is 5.88. The van der Waals surface area contributed by atoms with Crippen LogP contribution in [0.15, 0.2) is 18.5 Å². The van der Waals surface area contributed by atoms with Crippen LogP contribution in [0.4, 0.5) is 0 Å². The smallest absolute Gasteiger partial charge is 0.164 e. The number of aromatic nitrogens is 1. The summed E-state index contributed by atoms with van der Waals surface area (Å²) < 4.78 is 5.50. The molecule has 1 rings (SSSR count). The first-order valence-electron chi connectivity index (χ1n) is 7.29. The Hall–Kier alpha value is -1.42. The van der Waals surface area contributed by atoms with E-state index in [4.69, 9.17) is 10.5 Å². The molecule has 2 N–H and O–H groups in total. The van der Waals surface area contributed by atoms with Crippen molar-refractivity contribution in [2.24, 2.45) is 11.1 Å². The Labute approximate surface area is 121 Å². The molecule has 1 aromatic heterocycles. The van der Waals surface area contributed by atoms with Crippen molar-refractivity contribution in [3.05, 3.63) is 24.0 Å². The molecule has 0 saturated carbocycles. The molecule has 20 heavy (non-hydrogen) atoms. The van der Waals surface area contributed by atoms with Crippen molar-refractivity contribution in [2.45, 2.75) is 46.5 Å². The zero-order valence-electron chi connectivity index (χ0n) is 12.8. The summed E-state index contributed by atoms with van der Waals surface area (Å²) in [5, 5.41) is 0. The Morgan fingerprint density at radius 2 is 2.10 bits per heavy atom. The number of pyridine rings is 1. The summed E-state index contributed by atoms with van der Waals surface area (Å²) in [4.78, 5) is 16.3. The molecule has 0 radical (unpaired) electrons. The van der Waals surface area contributed by atoms with E-state index in [1.165, 1.54) is 0 Å². The lowest BCUT2D eigenvalue weighted by Gasteiger charge is -2.23. The van der Waals surface area contributed by atoms with Crippen LogP contribution in [0.1, 0.15) is 56.8 Å². The molecule has 0 amide bonds. The van der Waals surface area contributed by atoms with Crippen molar-refractivity contribution in [3.8, 4) is 5.75 Å². The number of carbonyl (C=O) groups is 1. The van der Waals surface area contributed by atoms with Gasteiger partial charge in [0.2, 0.25) is 0 Å². The first-order valence-corrected chi connectivity index (χ1v) is 7.29. The van der Waals surface area contributed by atoms with Crippen molar-refractivity contribution < 1.29 is 9.53 Å². The van der Waals surface area contributed by atoms with E-state index in [-0.39, 0.29) is 11.2 Å². The van der Waals surface area contributed by atoms with E-state index in [1.807, 2.05) is 6.92 Å². The summed E-state index contributed by atoms with van der Waals surface area (Å²) >= 11 is 0. The predicted molar refractivity (Wildman–Crippen MR) is 81.0 cm³/mol. The molecule has 0 aliphatic carbocycles. The van der Waals surface area contributed by atoms with Crippen molar-refractivity contribution in [1.29, 1.82) is 0 Å². The van der Waals surface area contributed by atoms with Crippen LogP contribution in [0.25, 0.3) is 0 Å². The standard InChI is InChI=1S/C16H26N2O2/c1-4-9-20-14-10-13(11-18-12-14)15(19)5-6-16(2,3)7-8-17/h10-12H,4-9,17H2,1-3H3. The van der Waals surface area contributed by atoms with E-state index < -0.39 is 0 Å². The quantitative estimate of drug-likeness (QED) is 0.704. The third kappa shape index (κ3) is 5.70. The number of ketones is 1. The van der Waals surface area contributed by atoms with E-state index in [2.05, 4.69) is 18.8 Å². The van der Waals surface area contributed by atoms with Gasteiger partial charge in [0.1, 0.15) is 5.75 Å². The number of ether oxygens (including phenoxy) is 1. The van der Waals surface area contributed by atoms with Crippen LogP contribution in [-0.4, -0.2) is 23.9 Å². The van der Waals surface area contributed by atoms with Crippen LogP contribution in [0.3, 0.4) is 0 Å². The second-order valence-electron chi connectivity index (χ2n) is 5.88. The average Bonchev–Trinajstić information content (AvgIpc) is 2.43. The lowest BCUT2D eigenvalue weighted by molar-refractivity contribution is 0.0960. The topological polar surface area (TPSA) is 65.2 Å². The molecule has 0 unspecified atom stereocenters.